The monoisotopic (exact) mass is 457 g/mol. The maximum Gasteiger partial charge on any atom is 0.413 e. The largest absolute Gasteiger partial charge is 0.465 e. The van der Waals surface area contributed by atoms with E-state index in [2.05, 4.69) is 15.1 Å². The van der Waals surface area contributed by atoms with Crippen LogP contribution in [0.5, 0.6) is 0 Å². The number of carbonyl (C=O) groups is 1. The Morgan fingerprint density at radius 1 is 1.22 bits per heavy atom. The van der Waals surface area contributed by atoms with E-state index in [9.17, 15) is 27.5 Å². The molecule has 1 saturated carbocycles. The van der Waals surface area contributed by atoms with Gasteiger partial charge in [0.1, 0.15) is 5.82 Å². The number of ether oxygens (including phenoxy) is 1. The van der Waals surface area contributed by atoms with Gasteiger partial charge in [0.2, 0.25) is 5.92 Å². The van der Waals surface area contributed by atoms with Gasteiger partial charge in [-0.3, -0.25) is 4.90 Å². The average Bonchev–Trinajstić information content (AvgIpc) is 3.15. The van der Waals surface area contributed by atoms with Crippen LogP contribution in [-0.2, 0) is 4.74 Å². The van der Waals surface area contributed by atoms with Gasteiger partial charge in [-0.2, -0.15) is 10.1 Å². The number of rotatable bonds is 4. The minimum atomic E-state index is -3.11. The topological polar surface area (TPSA) is 93.4 Å². The van der Waals surface area contributed by atoms with Gasteiger partial charge in [0, 0.05) is 37.6 Å². The number of anilines is 1. The van der Waals surface area contributed by atoms with E-state index in [4.69, 9.17) is 4.74 Å². The number of aromatic nitrogens is 4. The third-order valence-corrected chi connectivity index (χ3v) is 5.88. The van der Waals surface area contributed by atoms with Crippen LogP contribution in [0, 0.1) is 6.92 Å². The molecule has 1 unspecified atom stereocenters. The Morgan fingerprint density at radius 3 is 2.53 bits per heavy atom. The molecule has 2 aliphatic rings. The molecule has 174 valence electrons. The average molecular weight is 457 g/mol. The molecule has 0 aromatic carbocycles. The highest BCUT2D eigenvalue weighted by Gasteiger charge is 2.45. The fourth-order valence-corrected chi connectivity index (χ4v) is 4.10. The van der Waals surface area contributed by atoms with Crippen LogP contribution in [0.1, 0.15) is 49.4 Å². The van der Waals surface area contributed by atoms with Crippen molar-refractivity contribution in [3.8, 4) is 5.95 Å². The molecule has 1 aliphatic heterocycles. The summed E-state index contributed by atoms with van der Waals surface area (Å²) in [6.45, 7) is 1.34. The Hall–Kier alpha value is -2.76. The first-order valence-corrected chi connectivity index (χ1v) is 10.3. The second-order valence-electron chi connectivity index (χ2n) is 8.23. The van der Waals surface area contributed by atoms with Gasteiger partial charge in [-0.1, -0.05) is 0 Å². The van der Waals surface area contributed by atoms with Gasteiger partial charge in [-0.25, -0.2) is 32.0 Å². The smallest absolute Gasteiger partial charge is 0.413 e. The van der Waals surface area contributed by atoms with Crippen molar-refractivity contribution in [3.63, 3.8) is 0 Å². The molecule has 2 fully saturated rings. The number of halogens is 4. The Kier molecular flexibility index (Phi) is 5.82. The minimum Gasteiger partial charge on any atom is -0.465 e. The van der Waals surface area contributed by atoms with Crippen LogP contribution in [0.3, 0.4) is 0 Å². The maximum absolute atomic E-state index is 14.6. The summed E-state index contributed by atoms with van der Waals surface area (Å²) in [7, 11) is 0. The van der Waals surface area contributed by atoms with Crippen LogP contribution in [0.15, 0.2) is 18.3 Å². The lowest BCUT2D eigenvalue weighted by molar-refractivity contribution is -0.113. The molecule has 32 heavy (non-hydrogen) atoms. The van der Waals surface area contributed by atoms with Crippen molar-refractivity contribution < 1.29 is 32.2 Å². The molecule has 2 aromatic rings. The van der Waals surface area contributed by atoms with Crippen LogP contribution in [0.2, 0.25) is 0 Å². The molecule has 3 heterocycles. The quantitative estimate of drug-likeness (QED) is 0.693. The lowest BCUT2D eigenvalue weighted by atomic mass is 9.91. The van der Waals surface area contributed by atoms with Crippen LogP contribution in [-0.4, -0.2) is 62.0 Å². The summed E-state index contributed by atoms with van der Waals surface area (Å²) in [6, 6.07) is 2.09. The van der Waals surface area contributed by atoms with Crippen molar-refractivity contribution in [2.75, 3.05) is 18.1 Å². The molecule has 0 bridgehead atoms. The van der Waals surface area contributed by atoms with E-state index in [1.54, 1.807) is 13.0 Å². The first-order chi connectivity index (χ1) is 15.1. The second kappa shape index (κ2) is 8.30. The van der Waals surface area contributed by atoms with Gasteiger partial charge in [-0.05, 0) is 25.8 Å². The Morgan fingerprint density at radius 2 is 1.94 bits per heavy atom. The zero-order chi connectivity index (χ0) is 23.1. The number of alkyl halides is 4. The van der Waals surface area contributed by atoms with Crippen molar-refractivity contribution in [2.45, 2.75) is 62.8 Å². The van der Waals surface area contributed by atoms with Crippen LogP contribution >= 0.6 is 0 Å². The summed E-state index contributed by atoms with van der Waals surface area (Å²) >= 11 is 0. The van der Waals surface area contributed by atoms with Gasteiger partial charge in [-0.15, -0.1) is 0 Å². The van der Waals surface area contributed by atoms with Crippen molar-refractivity contribution >= 4 is 11.9 Å². The molecule has 0 radical (unpaired) electrons. The van der Waals surface area contributed by atoms with Gasteiger partial charge in [0.15, 0.2) is 0 Å². The third kappa shape index (κ3) is 4.54. The summed E-state index contributed by atoms with van der Waals surface area (Å²) in [4.78, 5) is 21.5. The van der Waals surface area contributed by atoms with E-state index in [1.807, 2.05) is 0 Å². The van der Waals surface area contributed by atoms with Crippen molar-refractivity contribution in [3.05, 3.63) is 29.7 Å². The number of hydrogen-bond acceptors (Lipinski definition) is 5. The van der Waals surface area contributed by atoms with E-state index >= 15 is 0 Å². The summed E-state index contributed by atoms with van der Waals surface area (Å²) < 4.78 is 63.0. The van der Waals surface area contributed by atoms with E-state index in [0.29, 0.717) is 5.69 Å². The first kappa shape index (κ1) is 22.4. The molecule has 1 aliphatic carbocycles. The third-order valence-electron chi connectivity index (χ3n) is 5.88. The lowest BCUT2D eigenvalue weighted by Crippen LogP contribution is -2.44. The van der Waals surface area contributed by atoms with E-state index in [1.165, 1.54) is 16.9 Å². The number of aryl methyl sites for hydroxylation is 1. The van der Waals surface area contributed by atoms with Gasteiger partial charge < -0.3 is 9.84 Å². The van der Waals surface area contributed by atoms with Crippen LogP contribution in [0.4, 0.5) is 28.2 Å². The molecule has 1 N–H and O–H groups in total. The Bertz CT molecular complexity index is 989. The van der Waals surface area contributed by atoms with Gasteiger partial charge in [0.25, 0.3) is 11.9 Å². The molecular formula is C20H23F4N5O3. The summed E-state index contributed by atoms with van der Waals surface area (Å²) in [5.74, 6) is -7.60. The van der Waals surface area contributed by atoms with E-state index in [0.717, 1.165) is 4.90 Å². The minimum absolute atomic E-state index is 0.0719. The summed E-state index contributed by atoms with van der Waals surface area (Å²) in [6.07, 6.45) is -1.43. The predicted molar refractivity (Wildman–Crippen MR) is 105 cm³/mol. The summed E-state index contributed by atoms with van der Waals surface area (Å²) in [5, 5.41) is 14.0. The Labute approximate surface area is 181 Å². The highest BCUT2D eigenvalue weighted by Crippen LogP contribution is 2.41. The number of amides is 1. The molecule has 4 rings (SSSR count). The SMILES string of the molecule is Cc1ccn(-c2nc(C3COCCC3(F)F)cc(N(C(=O)O)C3CCC(F)(F)CC3)n2)n1. The van der Waals surface area contributed by atoms with Crippen LogP contribution < -0.4 is 4.90 Å². The predicted octanol–water partition coefficient (Wildman–Crippen LogP) is 4.17. The molecule has 1 saturated heterocycles. The van der Waals surface area contributed by atoms with Crippen molar-refractivity contribution in [1.29, 1.82) is 0 Å². The van der Waals surface area contributed by atoms with Crippen molar-refractivity contribution in [2.24, 2.45) is 0 Å². The molecule has 12 heteroatoms. The maximum atomic E-state index is 14.6. The molecule has 1 atom stereocenters. The first-order valence-electron chi connectivity index (χ1n) is 10.3. The standard InChI is InChI=1S/C20H23F4N5O3/c1-12-4-8-28(27-12)17-25-15(14-11-32-9-7-20(14,23)24)10-16(26-17)29(18(30)31)13-2-5-19(21,22)6-3-13/h4,8,10,13-14H,2-3,5-7,9,11H2,1H3,(H,30,31). The number of nitrogens with zero attached hydrogens (tertiary/aromatic N) is 5. The van der Waals surface area contributed by atoms with E-state index in [-0.39, 0.29) is 43.5 Å². The second-order valence-corrected chi connectivity index (χ2v) is 8.23. The Balaban J connectivity index is 1.78. The number of carboxylic acid groups (broad SMARTS) is 1. The highest BCUT2D eigenvalue weighted by atomic mass is 19.3. The van der Waals surface area contributed by atoms with Crippen LogP contribution in [0.25, 0.3) is 5.95 Å². The number of hydrogen-bond donors (Lipinski definition) is 1. The fourth-order valence-electron chi connectivity index (χ4n) is 4.10. The molecule has 8 nitrogen and oxygen atoms in total. The fraction of sp³-hybridized carbons (Fsp3) is 0.600. The normalized spacial score (nSPS) is 23.1. The zero-order valence-corrected chi connectivity index (χ0v) is 17.3. The highest BCUT2D eigenvalue weighted by molar-refractivity contribution is 5.85. The van der Waals surface area contributed by atoms with Gasteiger partial charge >= 0.3 is 6.09 Å². The van der Waals surface area contributed by atoms with Gasteiger partial charge in [0.05, 0.1) is 30.5 Å². The molecule has 1 amide bonds. The van der Waals surface area contributed by atoms with Crippen molar-refractivity contribution in [1.82, 2.24) is 19.7 Å². The molecule has 2 aromatic heterocycles. The van der Waals surface area contributed by atoms with E-state index < -0.39 is 49.2 Å². The lowest BCUT2D eigenvalue weighted by Gasteiger charge is -2.35. The summed E-state index contributed by atoms with van der Waals surface area (Å²) in [5.41, 5.74) is 0.534. The molecular weight excluding hydrogens is 434 g/mol. The zero-order valence-electron chi connectivity index (χ0n) is 17.3. The molecule has 0 spiro atoms.